The molecule has 0 N–H and O–H groups in total. The van der Waals surface area contributed by atoms with E-state index in [9.17, 15) is 14.9 Å². The van der Waals surface area contributed by atoms with Crippen molar-refractivity contribution >= 4 is 45.0 Å². The van der Waals surface area contributed by atoms with Crippen LogP contribution in [-0.4, -0.2) is 23.0 Å². The van der Waals surface area contributed by atoms with Crippen molar-refractivity contribution in [2.45, 2.75) is 17.0 Å². The summed E-state index contributed by atoms with van der Waals surface area (Å²) in [6.45, 7) is 1.71. The van der Waals surface area contributed by atoms with E-state index in [-0.39, 0.29) is 5.69 Å². The van der Waals surface area contributed by atoms with Gasteiger partial charge in [0.15, 0.2) is 4.34 Å². The number of aryl methyl sites for hydroxylation is 1. The van der Waals surface area contributed by atoms with Crippen LogP contribution in [0.2, 0.25) is 0 Å². The normalized spacial score (nSPS) is 10.9. The molecule has 124 valence electrons. The lowest BCUT2D eigenvalue weighted by atomic mass is 10.2. The van der Waals surface area contributed by atoms with Gasteiger partial charge >= 0.3 is 5.97 Å². The lowest BCUT2D eigenvalue weighted by molar-refractivity contribution is -0.384. The fraction of sp³-hybridized carbons (Fsp3) is 0.200. The molecular formula is C15H12N2O5S2. The number of carbonyl (C=O) groups is 1. The zero-order valence-corrected chi connectivity index (χ0v) is 14.4. The molecule has 0 saturated heterocycles. The molecular weight excluding hydrogens is 352 g/mol. The van der Waals surface area contributed by atoms with Gasteiger partial charge in [-0.1, -0.05) is 11.8 Å². The first kappa shape index (κ1) is 16.5. The summed E-state index contributed by atoms with van der Waals surface area (Å²) in [7, 11) is 1.32. The van der Waals surface area contributed by atoms with E-state index < -0.39 is 10.9 Å². The number of thioether (sulfide) groups is 1. The Morgan fingerprint density at radius 2 is 2.25 bits per heavy atom. The minimum Gasteiger partial charge on any atom is -0.465 e. The molecule has 24 heavy (non-hydrogen) atoms. The Hall–Kier alpha value is -2.39. The van der Waals surface area contributed by atoms with Gasteiger partial charge in [0.05, 0.1) is 28.0 Å². The van der Waals surface area contributed by atoms with E-state index in [4.69, 9.17) is 9.15 Å². The topological polar surface area (TPSA) is 95.5 Å². The summed E-state index contributed by atoms with van der Waals surface area (Å²) in [5.74, 6) is 1.22. The van der Waals surface area contributed by atoms with Gasteiger partial charge in [0.2, 0.25) is 0 Å². The number of non-ortho nitro benzene ring substituents is 1. The van der Waals surface area contributed by atoms with E-state index >= 15 is 0 Å². The van der Waals surface area contributed by atoms with Crippen molar-refractivity contribution in [1.82, 2.24) is 4.98 Å². The molecule has 0 bridgehead atoms. The van der Waals surface area contributed by atoms with Crippen LogP contribution in [0.1, 0.15) is 21.9 Å². The summed E-state index contributed by atoms with van der Waals surface area (Å²) in [4.78, 5) is 26.4. The second-order valence-electron chi connectivity index (χ2n) is 4.85. The van der Waals surface area contributed by atoms with E-state index in [1.165, 1.54) is 42.3 Å². The number of benzene rings is 1. The first-order chi connectivity index (χ1) is 11.5. The predicted molar refractivity (Wildman–Crippen MR) is 90.6 cm³/mol. The Morgan fingerprint density at radius 1 is 1.46 bits per heavy atom. The average Bonchev–Trinajstić information content (AvgIpc) is 3.14. The van der Waals surface area contributed by atoms with Crippen molar-refractivity contribution in [3.05, 3.63) is 51.5 Å². The second-order valence-corrected chi connectivity index (χ2v) is 7.10. The number of aromatic nitrogens is 1. The van der Waals surface area contributed by atoms with Gasteiger partial charge in [-0.2, -0.15) is 0 Å². The monoisotopic (exact) mass is 364 g/mol. The smallest absolute Gasteiger partial charge is 0.341 e. The maximum absolute atomic E-state index is 11.6. The fourth-order valence-electron chi connectivity index (χ4n) is 2.13. The van der Waals surface area contributed by atoms with Crippen molar-refractivity contribution in [1.29, 1.82) is 0 Å². The van der Waals surface area contributed by atoms with Gasteiger partial charge in [0.1, 0.15) is 17.1 Å². The highest BCUT2D eigenvalue weighted by Crippen LogP contribution is 2.34. The molecule has 0 radical (unpaired) electrons. The molecule has 2 aromatic heterocycles. The van der Waals surface area contributed by atoms with E-state index in [2.05, 4.69) is 4.98 Å². The van der Waals surface area contributed by atoms with Crippen LogP contribution in [0.5, 0.6) is 0 Å². The molecule has 0 fully saturated rings. The van der Waals surface area contributed by atoms with Gasteiger partial charge in [-0.05, 0) is 19.1 Å². The van der Waals surface area contributed by atoms with Gasteiger partial charge in [0.25, 0.3) is 5.69 Å². The zero-order chi connectivity index (χ0) is 17.3. The molecule has 3 rings (SSSR count). The number of hydrogen-bond acceptors (Lipinski definition) is 8. The second kappa shape index (κ2) is 6.62. The predicted octanol–water partition coefficient (Wildman–Crippen LogP) is 4.18. The lowest BCUT2D eigenvalue weighted by Gasteiger charge is -1.93. The molecule has 1 aromatic carbocycles. The third kappa shape index (κ3) is 3.26. The number of fused-ring (bicyclic) bond motifs is 1. The third-order valence-corrected chi connectivity index (χ3v) is 5.46. The quantitative estimate of drug-likeness (QED) is 0.290. The maximum atomic E-state index is 11.6. The largest absolute Gasteiger partial charge is 0.465 e. The summed E-state index contributed by atoms with van der Waals surface area (Å²) in [5, 5.41) is 10.8. The summed E-state index contributed by atoms with van der Waals surface area (Å²) in [6.07, 6.45) is 0. The number of nitro benzene ring substituents is 1. The van der Waals surface area contributed by atoms with Crippen LogP contribution in [0.15, 0.2) is 33.0 Å². The van der Waals surface area contributed by atoms with Crippen molar-refractivity contribution < 1.29 is 18.9 Å². The van der Waals surface area contributed by atoms with Crippen LogP contribution in [0, 0.1) is 17.0 Å². The summed E-state index contributed by atoms with van der Waals surface area (Å²) in [5.41, 5.74) is 1.18. The lowest BCUT2D eigenvalue weighted by Crippen LogP contribution is -2.00. The number of thiazole rings is 1. The van der Waals surface area contributed by atoms with Crippen LogP contribution in [0.4, 0.5) is 5.69 Å². The maximum Gasteiger partial charge on any atom is 0.341 e. The van der Waals surface area contributed by atoms with E-state index in [1.54, 1.807) is 19.1 Å². The molecule has 7 nitrogen and oxygen atoms in total. The third-order valence-electron chi connectivity index (χ3n) is 3.28. The minimum atomic E-state index is -0.431. The Morgan fingerprint density at radius 3 is 2.96 bits per heavy atom. The molecule has 9 heteroatoms. The van der Waals surface area contributed by atoms with Crippen molar-refractivity contribution in [3.8, 4) is 0 Å². The van der Waals surface area contributed by atoms with Crippen molar-refractivity contribution in [2.24, 2.45) is 0 Å². The molecule has 2 heterocycles. The van der Waals surface area contributed by atoms with Crippen molar-refractivity contribution in [2.75, 3.05) is 7.11 Å². The number of ether oxygens (including phenoxy) is 1. The molecule has 0 atom stereocenters. The highest BCUT2D eigenvalue weighted by atomic mass is 32.2. The number of nitro groups is 1. The van der Waals surface area contributed by atoms with Crippen LogP contribution < -0.4 is 0 Å². The number of furan rings is 1. The number of nitrogens with zero attached hydrogens (tertiary/aromatic N) is 2. The first-order valence-corrected chi connectivity index (χ1v) is 8.63. The average molecular weight is 364 g/mol. The number of esters is 1. The summed E-state index contributed by atoms with van der Waals surface area (Å²) >= 11 is 2.83. The van der Waals surface area contributed by atoms with Gasteiger partial charge in [-0.15, -0.1) is 11.3 Å². The SMILES string of the molecule is COC(=O)c1cc(CSc2nc3ccc([N+](=O)[O-])cc3s2)oc1C. The van der Waals surface area contributed by atoms with E-state index in [1.807, 2.05) is 0 Å². The standard InChI is InChI=1S/C15H12N2O5S2/c1-8-11(14(18)21-2)6-10(22-8)7-23-15-16-12-4-3-9(17(19)20)5-13(12)24-15/h3-6H,7H2,1-2H3. The molecule has 0 unspecified atom stereocenters. The van der Waals surface area contributed by atoms with Gasteiger partial charge in [0, 0.05) is 12.1 Å². The van der Waals surface area contributed by atoms with E-state index in [0.717, 1.165) is 14.6 Å². The first-order valence-electron chi connectivity index (χ1n) is 6.83. The van der Waals surface area contributed by atoms with Crippen LogP contribution in [-0.2, 0) is 10.5 Å². The van der Waals surface area contributed by atoms with Gasteiger partial charge < -0.3 is 9.15 Å². The molecule has 0 aliphatic rings. The molecule has 0 spiro atoms. The Balaban J connectivity index is 1.76. The highest BCUT2D eigenvalue weighted by molar-refractivity contribution is 8.00. The Bertz CT molecular complexity index is 931. The number of hydrogen-bond donors (Lipinski definition) is 0. The number of methoxy groups -OCH3 is 1. The van der Waals surface area contributed by atoms with Crippen LogP contribution >= 0.6 is 23.1 Å². The van der Waals surface area contributed by atoms with Gasteiger partial charge in [-0.3, -0.25) is 10.1 Å². The van der Waals surface area contributed by atoms with Gasteiger partial charge in [-0.25, -0.2) is 9.78 Å². The number of rotatable bonds is 5. The summed E-state index contributed by atoms with van der Waals surface area (Å²) in [6, 6.07) is 6.26. The molecule has 3 aromatic rings. The Kier molecular flexibility index (Phi) is 4.54. The molecule has 0 aliphatic carbocycles. The molecule has 0 saturated carbocycles. The fourth-order valence-corrected chi connectivity index (χ4v) is 4.11. The van der Waals surface area contributed by atoms with Crippen LogP contribution in [0.3, 0.4) is 0 Å². The highest BCUT2D eigenvalue weighted by Gasteiger charge is 2.16. The molecule has 0 amide bonds. The van der Waals surface area contributed by atoms with Crippen molar-refractivity contribution in [3.63, 3.8) is 0 Å². The summed E-state index contributed by atoms with van der Waals surface area (Å²) < 4.78 is 11.8. The zero-order valence-electron chi connectivity index (χ0n) is 12.8. The Labute approximate surface area is 144 Å². The van der Waals surface area contributed by atoms with E-state index in [0.29, 0.717) is 22.8 Å². The minimum absolute atomic E-state index is 0.0482. The van der Waals surface area contributed by atoms with Crippen LogP contribution in [0.25, 0.3) is 10.2 Å². The molecule has 0 aliphatic heterocycles. The number of carbonyl (C=O) groups excluding carboxylic acids is 1.